The minimum absolute atomic E-state index is 0. The van der Waals surface area contributed by atoms with Crippen molar-refractivity contribution in [1.29, 1.82) is 0 Å². The Balaban J connectivity index is 0.000000980. The van der Waals surface area contributed by atoms with Crippen LogP contribution < -0.4 is 5.73 Å². The van der Waals surface area contributed by atoms with E-state index in [2.05, 4.69) is 9.59 Å². The predicted molar refractivity (Wildman–Crippen MR) is 60.5 cm³/mol. The predicted octanol–water partition coefficient (Wildman–Crippen LogP) is 2.09. The first-order valence-electron chi connectivity index (χ1n) is 3.97. The summed E-state index contributed by atoms with van der Waals surface area (Å²) in [6, 6.07) is 7.98. The summed E-state index contributed by atoms with van der Waals surface area (Å²) in [5.74, 6) is 0. The van der Waals surface area contributed by atoms with E-state index >= 15 is 0 Å². The molecule has 0 atom stereocenters. The summed E-state index contributed by atoms with van der Waals surface area (Å²) in [4.78, 5) is 0. The number of hydrogen-bond donors (Lipinski definition) is 1. The minimum atomic E-state index is 0. The SMILES string of the molecule is Cl.NCc1ccccc1-c1csnn1. The van der Waals surface area contributed by atoms with Crippen LogP contribution in [0.15, 0.2) is 29.6 Å². The normalized spacial score (nSPS) is 9.50. The van der Waals surface area contributed by atoms with Gasteiger partial charge in [0.15, 0.2) is 0 Å². The second-order valence-electron chi connectivity index (χ2n) is 2.65. The number of benzene rings is 1. The van der Waals surface area contributed by atoms with E-state index in [0.717, 1.165) is 16.8 Å². The Morgan fingerprint density at radius 3 is 2.71 bits per heavy atom. The van der Waals surface area contributed by atoms with Crippen molar-refractivity contribution in [3.05, 3.63) is 35.2 Å². The molecule has 0 spiro atoms. The molecular weight excluding hydrogens is 218 g/mol. The Bertz CT molecular complexity index is 389. The molecule has 1 heterocycles. The van der Waals surface area contributed by atoms with Gasteiger partial charge in [0.25, 0.3) is 0 Å². The zero-order valence-electron chi connectivity index (χ0n) is 7.38. The van der Waals surface area contributed by atoms with Crippen LogP contribution in [0.4, 0.5) is 0 Å². The zero-order valence-corrected chi connectivity index (χ0v) is 9.02. The fourth-order valence-electron chi connectivity index (χ4n) is 1.23. The lowest BCUT2D eigenvalue weighted by atomic mass is 10.1. The number of aromatic nitrogens is 2. The third-order valence-corrected chi connectivity index (χ3v) is 2.38. The topological polar surface area (TPSA) is 51.8 Å². The molecule has 0 aliphatic heterocycles. The van der Waals surface area contributed by atoms with Gasteiger partial charge in [-0.05, 0) is 17.1 Å². The molecule has 0 amide bonds. The molecule has 2 rings (SSSR count). The second-order valence-corrected chi connectivity index (χ2v) is 3.26. The lowest BCUT2D eigenvalue weighted by molar-refractivity contribution is 1.06. The van der Waals surface area contributed by atoms with Gasteiger partial charge in [-0.3, -0.25) is 0 Å². The maximum atomic E-state index is 5.61. The fraction of sp³-hybridized carbons (Fsp3) is 0.111. The van der Waals surface area contributed by atoms with E-state index in [-0.39, 0.29) is 12.4 Å². The van der Waals surface area contributed by atoms with Crippen LogP contribution in [-0.4, -0.2) is 9.59 Å². The first kappa shape index (κ1) is 11.1. The van der Waals surface area contributed by atoms with E-state index in [1.165, 1.54) is 11.5 Å². The van der Waals surface area contributed by atoms with Crippen molar-refractivity contribution < 1.29 is 0 Å². The van der Waals surface area contributed by atoms with Crippen molar-refractivity contribution in [3.63, 3.8) is 0 Å². The van der Waals surface area contributed by atoms with Gasteiger partial charge in [0.1, 0.15) is 5.69 Å². The van der Waals surface area contributed by atoms with Crippen LogP contribution in [0.3, 0.4) is 0 Å². The molecule has 74 valence electrons. The largest absolute Gasteiger partial charge is 0.326 e. The molecule has 3 nitrogen and oxygen atoms in total. The zero-order chi connectivity index (χ0) is 9.10. The fourth-order valence-corrected chi connectivity index (χ4v) is 1.69. The van der Waals surface area contributed by atoms with Gasteiger partial charge in [-0.15, -0.1) is 17.5 Å². The average molecular weight is 228 g/mol. The van der Waals surface area contributed by atoms with Crippen LogP contribution in [0.25, 0.3) is 11.3 Å². The van der Waals surface area contributed by atoms with Crippen molar-refractivity contribution in [2.24, 2.45) is 5.73 Å². The van der Waals surface area contributed by atoms with Crippen LogP contribution in [0.5, 0.6) is 0 Å². The number of halogens is 1. The van der Waals surface area contributed by atoms with Crippen LogP contribution >= 0.6 is 23.9 Å². The van der Waals surface area contributed by atoms with Crippen molar-refractivity contribution >= 4 is 23.9 Å². The molecular formula is C9H10ClN3S. The summed E-state index contributed by atoms with van der Waals surface area (Å²) < 4.78 is 3.82. The Kier molecular flexibility index (Phi) is 4.00. The molecule has 2 N–H and O–H groups in total. The van der Waals surface area contributed by atoms with E-state index in [1.54, 1.807) is 0 Å². The molecule has 0 fully saturated rings. The van der Waals surface area contributed by atoms with Gasteiger partial charge in [0.05, 0.1) is 0 Å². The van der Waals surface area contributed by atoms with Gasteiger partial charge in [-0.25, -0.2) is 0 Å². The summed E-state index contributed by atoms with van der Waals surface area (Å²) in [5, 5.41) is 5.93. The highest BCUT2D eigenvalue weighted by Gasteiger charge is 2.04. The van der Waals surface area contributed by atoms with E-state index in [1.807, 2.05) is 29.6 Å². The highest BCUT2D eigenvalue weighted by Crippen LogP contribution is 2.21. The third kappa shape index (κ3) is 2.09. The number of nitrogens with zero attached hydrogens (tertiary/aromatic N) is 2. The summed E-state index contributed by atoms with van der Waals surface area (Å²) in [5.41, 5.74) is 8.71. The van der Waals surface area contributed by atoms with Crippen LogP contribution in [0.2, 0.25) is 0 Å². The van der Waals surface area contributed by atoms with E-state index in [9.17, 15) is 0 Å². The quantitative estimate of drug-likeness (QED) is 0.855. The molecule has 0 saturated carbocycles. The lowest BCUT2D eigenvalue weighted by Gasteiger charge is -2.02. The second kappa shape index (κ2) is 5.05. The van der Waals surface area contributed by atoms with Gasteiger partial charge in [-0.2, -0.15) is 0 Å². The maximum Gasteiger partial charge on any atom is 0.106 e. The Hall–Kier alpha value is -0.970. The molecule has 0 unspecified atom stereocenters. The Labute approximate surface area is 92.5 Å². The number of rotatable bonds is 2. The van der Waals surface area contributed by atoms with Crippen molar-refractivity contribution in [3.8, 4) is 11.3 Å². The Morgan fingerprint density at radius 2 is 2.07 bits per heavy atom. The van der Waals surface area contributed by atoms with Gasteiger partial charge in [-0.1, -0.05) is 28.8 Å². The van der Waals surface area contributed by atoms with Gasteiger partial charge < -0.3 is 5.73 Å². The molecule has 2 aromatic rings. The average Bonchev–Trinajstić information content (AvgIpc) is 2.70. The van der Waals surface area contributed by atoms with Crippen LogP contribution in [0.1, 0.15) is 5.56 Å². The summed E-state index contributed by atoms with van der Waals surface area (Å²) in [7, 11) is 0. The monoisotopic (exact) mass is 227 g/mol. The summed E-state index contributed by atoms with van der Waals surface area (Å²) in [6.45, 7) is 0.535. The number of nitrogens with two attached hydrogens (primary N) is 1. The molecule has 0 bridgehead atoms. The van der Waals surface area contributed by atoms with Crippen molar-refractivity contribution in [1.82, 2.24) is 9.59 Å². The van der Waals surface area contributed by atoms with Gasteiger partial charge >= 0.3 is 0 Å². The molecule has 0 aliphatic rings. The first-order chi connectivity index (χ1) is 6.42. The molecule has 1 aromatic carbocycles. The molecule has 5 heteroatoms. The van der Waals surface area contributed by atoms with Gasteiger partial charge in [0, 0.05) is 17.5 Å². The lowest BCUT2D eigenvalue weighted by Crippen LogP contribution is -1.98. The van der Waals surface area contributed by atoms with E-state index in [4.69, 9.17) is 5.73 Å². The molecule has 14 heavy (non-hydrogen) atoms. The third-order valence-electron chi connectivity index (χ3n) is 1.87. The number of hydrogen-bond acceptors (Lipinski definition) is 4. The highest BCUT2D eigenvalue weighted by atomic mass is 35.5. The standard InChI is InChI=1S/C9H9N3S.ClH/c10-5-7-3-1-2-4-8(7)9-6-13-12-11-9;/h1-4,6H,5,10H2;1H. The molecule has 0 radical (unpaired) electrons. The van der Waals surface area contributed by atoms with Gasteiger partial charge in [0.2, 0.25) is 0 Å². The van der Waals surface area contributed by atoms with Crippen LogP contribution in [-0.2, 0) is 6.54 Å². The van der Waals surface area contributed by atoms with Crippen molar-refractivity contribution in [2.45, 2.75) is 6.54 Å². The molecule has 1 aromatic heterocycles. The highest BCUT2D eigenvalue weighted by molar-refractivity contribution is 7.03. The van der Waals surface area contributed by atoms with Crippen molar-refractivity contribution in [2.75, 3.05) is 0 Å². The molecule has 0 saturated heterocycles. The summed E-state index contributed by atoms with van der Waals surface area (Å²) >= 11 is 1.35. The Morgan fingerprint density at radius 1 is 1.29 bits per heavy atom. The maximum absolute atomic E-state index is 5.61. The van der Waals surface area contributed by atoms with E-state index in [0.29, 0.717) is 6.54 Å². The summed E-state index contributed by atoms with van der Waals surface area (Å²) in [6.07, 6.45) is 0. The minimum Gasteiger partial charge on any atom is -0.326 e. The van der Waals surface area contributed by atoms with E-state index < -0.39 is 0 Å². The molecule has 0 aliphatic carbocycles. The van der Waals surface area contributed by atoms with Crippen LogP contribution in [0, 0.1) is 0 Å². The smallest absolute Gasteiger partial charge is 0.106 e. The first-order valence-corrected chi connectivity index (χ1v) is 4.81.